The van der Waals surface area contributed by atoms with Gasteiger partial charge in [0.25, 0.3) is 0 Å². The number of hydrogen-bond donors (Lipinski definition) is 3. The maximum absolute atomic E-state index is 10.9. The van der Waals surface area contributed by atoms with Crippen molar-refractivity contribution in [1.29, 1.82) is 0 Å². The van der Waals surface area contributed by atoms with E-state index in [9.17, 15) is 8.42 Å². The molecule has 0 aliphatic rings. The van der Waals surface area contributed by atoms with E-state index in [1.54, 1.807) is 7.11 Å². The Kier molecular flexibility index (Phi) is 11.0. The van der Waals surface area contributed by atoms with Gasteiger partial charge in [-0.15, -0.1) is 24.0 Å². The summed E-state index contributed by atoms with van der Waals surface area (Å²) in [5, 5.41) is 11.2. The first-order valence-corrected chi connectivity index (χ1v) is 9.23. The Morgan fingerprint density at radius 1 is 1.33 bits per heavy atom. The summed E-state index contributed by atoms with van der Waals surface area (Å²) in [5.41, 5.74) is 2.25. The average molecular weight is 470 g/mol. The van der Waals surface area contributed by atoms with E-state index in [4.69, 9.17) is 9.88 Å². The number of hydrogen-bond acceptors (Lipinski definition) is 4. The van der Waals surface area contributed by atoms with Crippen molar-refractivity contribution in [3.8, 4) is 5.75 Å². The van der Waals surface area contributed by atoms with Gasteiger partial charge >= 0.3 is 0 Å². The largest absolute Gasteiger partial charge is 0.496 e. The van der Waals surface area contributed by atoms with E-state index in [1.807, 2.05) is 26.0 Å². The highest BCUT2D eigenvalue weighted by Gasteiger charge is 2.04. The molecule has 1 aromatic carbocycles. The van der Waals surface area contributed by atoms with Crippen LogP contribution in [0.25, 0.3) is 0 Å². The normalized spacial score (nSPS) is 11.6. The summed E-state index contributed by atoms with van der Waals surface area (Å²) in [7, 11) is -1.83. The molecule has 0 radical (unpaired) electrons. The molecule has 0 saturated heterocycles. The van der Waals surface area contributed by atoms with E-state index in [2.05, 4.69) is 21.7 Å². The summed E-state index contributed by atoms with van der Waals surface area (Å²) in [6.07, 6.45) is 0.802. The number of halogens is 1. The molecule has 1 aromatic rings. The Morgan fingerprint density at radius 2 is 2.04 bits per heavy atom. The van der Waals surface area contributed by atoms with Crippen molar-refractivity contribution in [3.63, 3.8) is 0 Å². The van der Waals surface area contributed by atoms with Crippen LogP contribution in [-0.4, -0.2) is 46.9 Å². The molecule has 0 aliphatic heterocycles. The zero-order chi connectivity index (χ0) is 17.3. The van der Waals surface area contributed by atoms with Crippen molar-refractivity contribution in [3.05, 3.63) is 29.3 Å². The Hall–Kier alpha value is -1.07. The number of rotatable bonds is 8. The van der Waals surface area contributed by atoms with Gasteiger partial charge in [0.15, 0.2) is 5.96 Å². The quantitative estimate of drug-likeness (QED) is 0.299. The van der Waals surface area contributed by atoms with Crippen LogP contribution in [0.3, 0.4) is 0 Å². The summed E-state index contributed by atoms with van der Waals surface area (Å²) < 4.78 is 27.1. The Balaban J connectivity index is 0.00000529. The topological polar surface area (TPSA) is 106 Å². The zero-order valence-corrected chi connectivity index (χ0v) is 17.5. The minimum Gasteiger partial charge on any atom is -0.496 e. The zero-order valence-electron chi connectivity index (χ0n) is 14.3. The molecule has 4 N–H and O–H groups in total. The first-order chi connectivity index (χ1) is 10.9. The summed E-state index contributed by atoms with van der Waals surface area (Å²) in [4.78, 5) is 4.19. The molecule has 9 heteroatoms. The second-order valence-corrected chi connectivity index (χ2v) is 6.84. The lowest BCUT2D eigenvalue weighted by Gasteiger charge is -2.12. The fourth-order valence-corrected chi connectivity index (χ4v) is 2.32. The molecule has 0 heterocycles. The fourth-order valence-electron chi connectivity index (χ4n) is 1.97. The molecule has 0 spiro atoms. The number of aryl methyl sites for hydroxylation is 1. The van der Waals surface area contributed by atoms with Gasteiger partial charge in [0.2, 0.25) is 10.0 Å². The van der Waals surface area contributed by atoms with E-state index in [1.165, 1.54) is 0 Å². The van der Waals surface area contributed by atoms with Crippen molar-refractivity contribution < 1.29 is 13.2 Å². The van der Waals surface area contributed by atoms with E-state index < -0.39 is 10.0 Å². The minimum atomic E-state index is -3.49. The first-order valence-electron chi connectivity index (χ1n) is 7.52. The van der Waals surface area contributed by atoms with Gasteiger partial charge < -0.3 is 15.4 Å². The second kappa shape index (κ2) is 11.5. The predicted octanol–water partition coefficient (Wildman–Crippen LogP) is 1.01. The minimum absolute atomic E-state index is 0. The monoisotopic (exact) mass is 470 g/mol. The standard InChI is InChI=1S/C15H26N4O3S.HI/c1-4-17-15(19-9-10-23(16,20)21)18-8-7-13-6-5-12(2)14(11-13)22-3;/h5-6,11H,4,7-10H2,1-3H3,(H2,16,20,21)(H2,17,18,19);1H. The first kappa shape index (κ1) is 22.9. The lowest BCUT2D eigenvalue weighted by molar-refractivity contribution is 0.411. The molecule has 0 unspecified atom stereocenters. The SMILES string of the molecule is CCNC(=NCCS(N)(=O)=O)NCCc1ccc(C)c(OC)c1.I. The third-order valence-corrected chi connectivity index (χ3v) is 3.92. The Labute approximate surface area is 161 Å². The number of methoxy groups -OCH3 is 1. The number of primary sulfonamides is 1. The lowest BCUT2D eigenvalue weighted by atomic mass is 10.1. The van der Waals surface area contributed by atoms with Gasteiger partial charge in [-0.1, -0.05) is 12.1 Å². The summed E-state index contributed by atoms with van der Waals surface area (Å²) in [6, 6.07) is 6.10. The van der Waals surface area contributed by atoms with Gasteiger partial charge in [0, 0.05) is 13.1 Å². The van der Waals surface area contributed by atoms with Crippen LogP contribution in [0.1, 0.15) is 18.1 Å². The van der Waals surface area contributed by atoms with Crippen molar-refractivity contribution in [2.75, 3.05) is 32.5 Å². The van der Waals surface area contributed by atoms with Crippen molar-refractivity contribution >= 4 is 40.0 Å². The number of aliphatic imine (C=N–C) groups is 1. The van der Waals surface area contributed by atoms with Crippen LogP contribution in [0.2, 0.25) is 0 Å². The average Bonchev–Trinajstić information content (AvgIpc) is 2.47. The number of guanidine groups is 1. The molecule has 0 aromatic heterocycles. The maximum atomic E-state index is 10.9. The lowest BCUT2D eigenvalue weighted by Crippen LogP contribution is -2.38. The molecule has 24 heavy (non-hydrogen) atoms. The Morgan fingerprint density at radius 3 is 2.62 bits per heavy atom. The van der Waals surface area contributed by atoms with Gasteiger partial charge in [-0.2, -0.15) is 0 Å². The third-order valence-electron chi connectivity index (χ3n) is 3.17. The van der Waals surface area contributed by atoms with E-state index >= 15 is 0 Å². The number of benzene rings is 1. The number of nitrogens with one attached hydrogen (secondary N) is 2. The highest BCUT2D eigenvalue weighted by atomic mass is 127. The fraction of sp³-hybridized carbons (Fsp3) is 0.533. The molecule has 138 valence electrons. The van der Waals surface area contributed by atoms with Crippen LogP contribution in [0.4, 0.5) is 0 Å². The molecule has 1 rings (SSSR count). The number of sulfonamides is 1. The number of nitrogens with two attached hydrogens (primary N) is 1. The van der Waals surface area contributed by atoms with Crippen LogP contribution >= 0.6 is 24.0 Å². The maximum Gasteiger partial charge on any atom is 0.210 e. The summed E-state index contributed by atoms with van der Waals surface area (Å²) >= 11 is 0. The van der Waals surface area contributed by atoms with Crippen LogP contribution in [-0.2, 0) is 16.4 Å². The molecule has 0 fully saturated rings. The van der Waals surface area contributed by atoms with Crippen LogP contribution in [0.5, 0.6) is 5.75 Å². The van der Waals surface area contributed by atoms with Gasteiger partial charge in [-0.3, -0.25) is 4.99 Å². The number of ether oxygens (including phenoxy) is 1. The van der Waals surface area contributed by atoms with Crippen LogP contribution < -0.4 is 20.5 Å². The van der Waals surface area contributed by atoms with E-state index in [-0.39, 0.29) is 36.3 Å². The van der Waals surface area contributed by atoms with Crippen molar-refractivity contribution in [1.82, 2.24) is 10.6 Å². The van der Waals surface area contributed by atoms with Crippen LogP contribution in [0, 0.1) is 6.92 Å². The van der Waals surface area contributed by atoms with Gasteiger partial charge in [-0.05, 0) is 37.5 Å². The highest BCUT2D eigenvalue weighted by Crippen LogP contribution is 2.18. The molecule has 0 saturated carbocycles. The second-order valence-electron chi connectivity index (χ2n) is 5.11. The van der Waals surface area contributed by atoms with Gasteiger partial charge in [-0.25, -0.2) is 13.6 Å². The molecule has 7 nitrogen and oxygen atoms in total. The molecular weight excluding hydrogens is 443 g/mol. The third kappa shape index (κ3) is 9.28. The summed E-state index contributed by atoms with van der Waals surface area (Å²) in [6.45, 7) is 5.45. The van der Waals surface area contributed by atoms with Gasteiger partial charge in [0.05, 0.1) is 19.4 Å². The molecule has 0 aliphatic carbocycles. The molecule has 0 bridgehead atoms. The van der Waals surface area contributed by atoms with Crippen molar-refractivity contribution in [2.24, 2.45) is 10.1 Å². The molecule has 0 amide bonds. The molecule has 0 atom stereocenters. The van der Waals surface area contributed by atoms with Crippen LogP contribution in [0.15, 0.2) is 23.2 Å². The predicted molar refractivity (Wildman–Crippen MR) is 109 cm³/mol. The van der Waals surface area contributed by atoms with Gasteiger partial charge in [0.1, 0.15) is 5.75 Å². The van der Waals surface area contributed by atoms with E-state index in [0.29, 0.717) is 19.0 Å². The summed E-state index contributed by atoms with van der Waals surface area (Å²) in [5.74, 6) is 1.28. The molecular formula is C15H27IN4O3S. The highest BCUT2D eigenvalue weighted by molar-refractivity contribution is 14.0. The Bertz CT molecular complexity index is 636. The van der Waals surface area contributed by atoms with E-state index in [0.717, 1.165) is 23.3 Å². The number of nitrogens with zero attached hydrogens (tertiary/aromatic N) is 1. The van der Waals surface area contributed by atoms with Crippen molar-refractivity contribution in [2.45, 2.75) is 20.3 Å². The smallest absolute Gasteiger partial charge is 0.210 e.